The highest BCUT2D eigenvalue weighted by molar-refractivity contribution is 5.57. The Morgan fingerprint density at radius 3 is 2.71 bits per heavy atom. The van der Waals surface area contributed by atoms with E-state index in [2.05, 4.69) is 32.2 Å². The van der Waals surface area contributed by atoms with Crippen LogP contribution in [0.25, 0.3) is 0 Å². The Morgan fingerprint density at radius 1 is 1.43 bits per heavy atom. The van der Waals surface area contributed by atoms with Gasteiger partial charge in [0, 0.05) is 17.4 Å². The fourth-order valence-electron chi connectivity index (χ4n) is 1.62. The molecule has 1 atom stereocenters. The molecule has 0 aromatic heterocycles. The Balaban J connectivity index is 2.67. The molecule has 1 aromatic carbocycles. The summed E-state index contributed by atoms with van der Waals surface area (Å²) in [5, 5.41) is 3.48. The molecular weight excluding hydrogens is 172 g/mol. The maximum Gasteiger partial charge on any atom is 0.0373 e. The van der Waals surface area contributed by atoms with E-state index in [4.69, 9.17) is 5.73 Å². The maximum atomic E-state index is 5.69. The molecule has 2 nitrogen and oxygen atoms in total. The highest BCUT2D eigenvalue weighted by atomic mass is 14.9. The first kappa shape index (κ1) is 10.9. The number of nitrogen functional groups attached to an aromatic ring is 1. The van der Waals surface area contributed by atoms with Crippen molar-refractivity contribution in [2.24, 2.45) is 0 Å². The molecule has 0 amide bonds. The summed E-state index contributed by atoms with van der Waals surface area (Å²) in [4.78, 5) is 0. The molecule has 1 rings (SSSR count). The van der Waals surface area contributed by atoms with Gasteiger partial charge in [-0.1, -0.05) is 13.3 Å². The van der Waals surface area contributed by atoms with Crippen LogP contribution in [0, 0.1) is 6.92 Å². The lowest BCUT2D eigenvalue weighted by Gasteiger charge is -2.16. The van der Waals surface area contributed by atoms with Gasteiger partial charge in [0.2, 0.25) is 0 Å². The van der Waals surface area contributed by atoms with Crippen molar-refractivity contribution < 1.29 is 0 Å². The van der Waals surface area contributed by atoms with Crippen LogP contribution in [0.5, 0.6) is 0 Å². The molecule has 0 saturated carbocycles. The van der Waals surface area contributed by atoms with Gasteiger partial charge >= 0.3 is 0 Å². The molecule has 0 aliphatic rings. The second-order valence-electron chi connectivity index (χ2n) is 3.91. The second-order valence-corrected chi connectivity index (χ2v) is 3.91. The SMILES string of the molecule is CCCC(C)Nc1ccc(N)cc1C. The quantitative estimate of drug-likeness (QED) is 0.719. The zero-order valence-corrected chi connectivity index (χ0v) is 9.30. The van der Waals surface area contributed by atoms with E-state index >= 15 is 0 Å². The van der Waals surface area contributed by atoms with Crippen LogP contribution in [0.4, 0.5) is 11.4 Å². The van der Waals surface area contributed by atoms with Gasteiger partial charge in [-0.3, -0.25) is 0 Å². The molecule has 1 unspecified atom stereocenters. The van der Waals surface area contributed by atoms with E-state index in [-0.39, 0.29) is 0 Å². The van der Waals surface area contributed by atoms with Gasteiger partial charge in [-0.05, 0) is 44.0 Å². The predicted octanol–water partition coefficient (Wildman–Crippen LogP) is 3.18. The van der Waals surface area contributed by atoms with Crippen molar-refractivity contribution >= 4 is 11.4 Å². The molecule has 14 heavy (non-hydrogen) atoms. The van der Waals surface area contributed by atoms with E-state index in [0.29, 0.717) is 6.04 Å². The minimum Gasteiger partial charge on any atom is -0.399 e. The summed E-state index contributed by atoms with van der Waals surface area (Å²) in [5.74, 6) is 0. The standard InChI is InChI=1S/C12H20N2/c1-4-5-10(3)14-12-7-6-11(13)8-9(12)2/h6-8,10,14H,4-5,13H2,1-3H3. The molecule has 0 aliphatic carbocycles. The first-order valence-corrected chi connectivity index (χ1v) is 5.26. The molecule has 0 fully saturated rings. The third kappa shape index (κ3) is 2.95. The summed E-state index contributed by atoms with van der Waals surface area (Å²) in [6.45, 7) is 6.49. The zero-order valence-electron chi connectivity index (χ0n) is 9.30. The average molecular weight is 192 g/mol. The number of hydrogen-bond acceptors (Lipinski definition) is 2. The predicted molar refractivity (Wildman–Crippen MR) is 63.6 cm³/mol. The lowest BCUT2D eigenvalue weighted by atomic mass is 10.1. The summed E-state index contributed by atoms with van der Waals surface area (Å²) in [6, 6.07) is 6.52. The Kier molecular flexibility index (Phi) is 3.81. The minimum atomic E-state index is 0.530. The molecule has 0 bridgehead atoms. The summed E-state index contributed by atoms with van der Waals surface area (Å²) >= 11 is 0. The van der Waals surface area contributed by atoms with Crippen molar-refractivity contribution in [1.82, 2.24) is 0 Å². The Labute approximate surface area is 86.5 Å². The van der Waals surface area contributed by atoms with Crippen LogP contribution < -0.4 is 11.1 Å². The molecule has 78 valence electrons. The van der Waals surface area contributed by atoms with E-state index in [1.807, 2.05) is 12.1 Å². The van der Waals surface area contributed by atoms with Crippen molar-refractivity contribution in [2.45, 2.75) is 39.7 Å². The van der Waals surface area contributed by atoms with Gasteiger partial charge in [-0.25, -0.2) is 0 Å². The van der Waals surface area contributed by atoms with Crippen molar-refractivity contribution in [3.8, 4) is 0 Å². The highest BCUT2D eigenvalue weighted by Gasteiger charge is 2.02. The van der Waals surface area contributed by atoms with Crippen molar-refractivity contribution in [2.75, 3.05) is 11.1 Å². The summed E-state index contributed by atoms with van der Waals surface area (Å²) < 4.78 is 0. The molecule has 3 N–H and O–H groups in total. The van der Waals surface area contributed by atoms with Crippen LogP contribution in [-0.4, -0.2) is 6.04 Å². The number of benzene rings is 1. The Bertz CT molecular complexity index is 294. The fraction of sp³-hybridized carbons (Fsp3) is 0.500. The van der Waals surface area contributed by atoms with Crippen molar-refractivity contribution in [3.05, 3.63) is 23.8 Å². The molecule has 0 saturated heterocycles. The zero-order chi connectivity index (χ0) is 10.6. The van der Waals surface area contributed by atoms with E-state index in [1.54, 1.807) is 0 Å². The summed E-state index contributed by atoms with van der Waals surface area (Å²) in [6.07, 6.45) is 2.41. The van der Waals surface area contributed by atoms with Crippen molar-refractivity contribution in [3.63, 3.8) is 0 Å². The van der Waals surface area contributed by atoms with Gasteiger partial charge in [0.25, 0.3) is 0 Å². The molecule has 0 spiro atoms. The van der Waals surface area contributed by atoms with Gasteiger partial charge in [0.1, 0.15) is 0 Å². The average Bonchev–Trinajstić information content (AvgIpc) is 2.10. The lowest BCUT2D eigenvalue weighted by molar-refractivity contribution is 0.690. The van der Waals surface area contributed by atoms with E-state index in [0.717, 1.165) is 5.69 Å². The fourth-order valence-corrected chi connectivity index (χ4v) is 1.62. The molecule has 0 heterocycles. The van der Waals surface area contributed by atoms with Gasteiger partial charge in [-0.15, -0.1) is 0 Å². The number of nitrogens with two attached hydrogens (primary N) is 1. The van der Waals surface area contributed by atoms with Gasteiger partial charge in [-0.2, -0.15) is 0 Å². The lowest BCUT2D eigenvalue weighted by Crippen LogP contribution is -2.15. The van der Waals surface area contributed by atoms with E-state index < -0.39 is 0 Å². The minimum absolute atomic E-state index is 0.530. The van der Waals surface area contributed by atoms with Crippen LogP contribution in [0.1, 0.15) is 32.3 Å². The summed E-state index contributed by atoms with van der Waals surface area (Å²) in [7, 11) is 0. The third-order valence-electron chi connectivity index (χ3n) is 2.37. The maximum absolute atomic E-state index is 5.69. The molecule has 0 radical (unpaired) electrons. The Morgan fingerprint density at radius 2 is 2.14 bits per heavy atom. The van der Waals surface area contributed by atoms with Crippen LogP contribution in [0.3, 0.4) is 0 Å². The van der Waals surface area contributed by atoms with Gasteiger partial charge in [0.15, 0.2) is 0 Å². The molecule has 1 aromatic rings. The normalized spacial score (nSPS) is 12.5. The number of anilines is 2. The third-order valence-corrected chi connectivity index (χ3v) is 2.37. The first-order chi connectivity index (χ1) is 6.63. The largest absolute Gasteiger partial charge is 0.399 e. The number of hydrogen-bond donors (Lipinski definition) is 2. The van der Waals surface area contributed by atoms with Gasteiger partial charge < -0.3 is 11.1 Å². The molecular formula is C12H20N2. The van der Waals surface area contributed by atoms with Crippen LogP contribution >= 0.6 is 0 Å². The smallest absolute Gasteiger partial charge is 0.0373 e. The van der Waals surface area contributed by atoms with E-state index in [9.17, 15) is 0 Å². The number of rotatable bonds is 4. The first-order valence-electron chi connectivity index (χ1n) is 5.26. The topological polar surface area (TPSA) is 38.0 Å². The van der Waals surface area contributed by atoms with Gasteiger partial charge in [0.05, 0.1) is 0 Å². The second kappa shape index (κ2) is 4.89. The van der Waals surface area contributed by atoms with E-state index in [1.165, 1.54) is 24.1 Å². The van der Waals surface area contributed by atoms with Crippen molar-refractivity contribution in [1.29, 1.82) is 0 Å². The Hall–Kier alpha value is -1.18. The number of nitrogens with one attached hydrogen (secondary N) is 1. The van der Waals surface area contributed by atoms with Crippen LogP contribution in [0.15, 0.2) is 18.2 Å². The number of aryl methyl sites for hydroxylation is 1. The molecule has 2 heteroatoms. The summed E-state index contributed by atoms with van der Waals surface area (Å²) in [5.41, 5.74) is 8.93. The van der Waals surface area contributed by atoms with Crippen LogP contribution in [0.2, 0.25) is 0 Å². The molecule has 0 aliphatic heterocycles. The van der Waals surface area contributed by atoms with Crippen LogP contribution in [-0.2, 0) is 0 Å². The monoisotopic (exact) mass is 192 g/mol. The highest BCUT2D eigenvalue weighted by Crippen LogP contribution is 2.19.